The van der Waals surface area contributed by atoms with Crippen molar-refractivity contribution in [1.82, 2.24) is 15.2 Å². The van der Waals surface area contributed by atoms with E-state index in [2.05, 4.69) is 5.43 Å². The fraction of sp³-hybridized carbons (Fsp3) is 0.455. The summed E-state index contributed by atoms with van der Waals surface area (Å²) in [5, 5.41) is 1.96. The number of amides is 3. The molecule has 0 atom stereocenters. The van der Waals surface area contributed by atoms with E-state index in [4.69, 9.17) is 5.84 Å². The van der Waals surface area contributed by atoms with Crippen molar-refractivity contribution in [3.63, 3.8) is 0 Å². The van der Waals surface area contributed by atoms with Gasteiger partial charge in [-0.25, -0.2) is 10.6 Å². The second kappa shape index (κ2) is 5.83. The molecule has 0 unspecified atom stereocenters. The molecule has 0 bridgehead atoms. The number of hydrazine groups is 1. The van der Waals surface area contributed by atoms with Crippen LogP contribution in [0.4, 0.5) is 4.79 Å². The maximum Gasteiger partial charge on any atom is 0.331 e. The van der Waals surface area contributed by atoms with Gasteiger partial charge in [-0.05, 0) is 11.4 Å². The summed E-state index contributed by atoms with van der Waals surface area (Å²) < 4.78 is 0. The molecule has 0 spiro atoms. The van der Waals surface area contributed by atoms with E-state index < -0.39 is 0 Å². The molecule has 0 saturated carbocycles. The van der Waals surface area contributed by atoms with Gasteiger partial charge in [0.25, 0.3) is 0 Å². The van der Waals surface area contributed by atoms with Crippen LogP contribution in [0.2, 0.25) is 0 Å². The second-order valence-electron chi connectivity index (χ2n) is 4.07. The highest BCUT2D eigenvalue weighted by Crippen LogP contribution is 2.12. The smallest absolute Gasteiger partial charge is 0.331 e. The molecule has 18 heavy (non-hydrogen) atoms. The number of urea groups is 1. The third-order valence-corrected chi connectivity index (χ3v) is 3.83. The predicted octanol–water partition coefficient (Wildman–Crippen LogP) is 0.0181. The number of hydrogen-bond acceptors (Lipinski definition) is 4. The lowest BCUT2D eigenvalue weighted by molar-refractivity contribution is -0.131. The fourth-order valence-electron chi connectivity index (χ4n) is 1.92. The Balaban J connectivity index is 1.82. The van der Waals surface area contributed by atoms with Crippen molar-refractivity contribution in [3.05, 3.63) is 22.4 Å². The fourth-order valence-corrected chi connectivity index (χ4v) is 2.62. The summed E-state index contributed by atoms with van der Waals surface area (Å²) in [5.74, 6) is 5.18. The van der Waals surface area contributed by atoms with Crippen LogP contribution in [0.25, 0.3) is 0 Å². The number of carbonyl (C=O) groups excluding carboxylic acids is 2. The molecule has 0 aromatic carbocycles. The first-order valence-electron chi connectivity index (χ1n) is 5.76. The topological polar surface area (TPSA) is 78.7 Å². The number of carbonyl (C=O) groups is 2. The van der Waals surface area contributed by atoms with E-state index in [0.29, 0.717) is 32.6 Å². The van der Waals surface area contributed by atoms with Crippen LogP contribution in [0.5, 0.6) is 0 Å². The van der Waals surface area contributed by atoms with Gasteiger partial charge in [0.15, 0.2) is 0 Å². The van der Waals surface area contributed by atoms with Gasteiger partial charge in [-0.1, -0.05) is 6.07 Å². The minimum atomic E-state index is -0.291. The number of thiophene rings is 1. The highest BCUT2D eigenvalue weighted by molar-refractivity contribution is 7.10. The summed E-state index contributed by atoms with van der Waals surface area (Å²) in [5.41, 5.74) is 2.10. The number of nitrogens with two attached hydrogens (primary N) is 1. The predicted molar refractivity (Wildman–Crippen MR) is 68.9 cm³/mol. The maximum atomic E-state index is 12.0. The van der Waals surface area contributed by atoms with E-state index in [1.807, 2.05) is 17.5 Å². The van der Waals surface area contributed by atoms with Crippen LogP contribution < -0.4 is 11.3 Å². The van der Waals surface area contributed by atoms with Crippen molar-refractivity contribution in [3.8, 4) is 0 Å². The second-order valence-corrected chi connectivity index (χ2v) is 5.11. The Labute approximate surface area is 109 Å². The first-order valence-corrected chi connectivity index (χ1v) is 6.64. The highest BCUT2D eigenvalue weighted by atomic mass is 32.1. The van der Waals surface area contributed by atoms with Crippen molar-refractivity contribution >= 4 is 23.3 Å². The Morgan fingerprint density at radius 2 is 1.94 bits per heavy atom. The molecule has 1 saturated heterocycles. The van der Waals surface area contributed by atoms with Crippen molar-refractivity contribution in [2.75, 3.05) is 26.2 Å². The van der Waals surface area contributed by atoms with Crippen molar-refractivity contribution < 1.29 is 9.59 Å². The Hall–Kier alpha value is -1.60. The molecular weight excluding hydrogens is 252 g/mol. The molecule has 1 fully saturated rings. The van der Waals surface area contributed by atoms with Gasteiger partial charge in [-0.15, -0.1) is 11.3 Å². The molecule has 98 valence electrons. The molecule has 0 aliphatic carbocycles. The minimum absolute atomic E-state index is 0.116. The molecule has 3 N–H and O–H groups in total. The van der Waals surface area contributed by atoms with Crippen molar-refractivity contribution in [1.29, 1.82) is 0 Å². The Kier molecular flexibility index (Phi) is 4.16. The largest absolute Gasteiger partial charge is 0.339 e. The lowest BCUT2D eigenvalue weighted by Crippen LogP contribution is -2.54. The van der Waals surface area contributed by atoms with Crippen molar-refractivity contribution in [2.24, 2.45) is 5.84 Å². The Bertz CT molecular complexity index is 413. The van der Waals surface area contributed by atoms with Gasteiger partial charge in [-0.2, -0.15) is 0 Å². The molecule has 0 radical (unpaired) electrons. The van der Waals surface area contributed by atoms with Gasteiger partial charge in [-0.3, -0.25) is 10.2 Å². The average molecular weight is 268 g/mol. The molecule has 1 aliphatic rings. The van der Waals surface area contributed by atoms with Crippen molar-refractivity contribution in [2.45, 2.75) is 6.42 Å². The highest BCUT2D eigenvalue weighted by Gasteiger charge is 2.23. The normalized spacial score (nSPS) is 15.6. The summed E-state index contributed by atoms with van der Waals surface area (Å²) in [6.07, 6.45) is 0.445. The SMILES string of the molecule is NNC(=O)N1CCN(C(=O)Cc2cccs2)CC1. The molecule has 6 nitrogen and oxygen atoms in total. The number of nitrogens with one attached hydrogen (secondary N) is 1. The van der Waals surface area contributed by atoms with Gasteiger partial charge in [0.1, 0.15) is 0 Å². The standard InChI is InChI=1S/C11H16N4O2S/c12-13-11(17)15-5-3-14(4-6-15)10(16)8-9-2-1-7-18-9/h1-2,7H,3-6,8,12H2,(H,13,17). The van der Waals surface area contributed by atoms with Crippen LogP contribution in [-0.2, 0) is 11.2 Å². The zero-order valence-corrected chi connectivity index (χ0v) is 10.8. The quantitative estimate of drug-likeness (QED) is 0.451. The van der Waals surface area contributed by atoms with Gasteiger partial charge in [0.05, 0.1) is 6.42 Å². The average Bonchev–Trinajstić information content (AvgIpc) is 2.91. The van der Waals surface area contributed by atoms with E-state index in [9.17, 15) is 9.59 Å². The van der Waals surface area contributed by atoms with E-state index in [0.717, 1.165) is 4.88 Å². The third kappa shape index (κ3) is 2.99. The Morgan fingerprint density at radius 1 is 1.28 bits per heavy atom. The van der Waals surface area contributed by atoms with Gasteiger partial charge < -0.3 is 9.80 Å². The van der Waals surface area contributed by atoms with E-state index in [1.165, 1.54) is 0 Å². The first-order chi connectivity index (χ1) is 8.70. The van der Waals surface area contributed by atoms with Gasteiger partial charge >= 0.3 is 6.03 Å². The van der Waals surface area contributed by atoms with Gasteiger partial charge in [0.2, 0.25) is 5.91 Å². The zero-order valence-electron chi connectivity index (χ0n) is 9.96. The van der Waals surface area contributed by atoms with E-state index >= 15 is 0 Å². The van der Waals surface area contributed by atoms with Crippen LogP contribution in [-0.4, -0.2) is 47.9 Å². The van der Waals surface area contributed by atoms with Crippen LogP contribution in [0, 0.1) is 0 Å². The molecular formula is C11H16N4O2S. The van der Waals surface area contributed by atoms with Crippen LogP contribution >= 0.6 is 11.3 Å². The molecule has 1 aliphatic heterocycles. The molecule has 1 aromatic heterocycles. The number of piperazine rings is 1. The Morgan fingerprint density at radius 3 is 2.50 bits per heavy atom. The van der Waals surface area contributed by atoms with Crippen LogP contribution in [0.1, 0.15) is 4.88 Å². The summed E-state index contributed by atoms with van der Waals surface area (Å²) >= 11 is 1.59. The summed E-state index contributed by atoms with van der Waals surface area (Å²) in [4.78, 5) is 27.8. The maximum absolute atomic E-state index is 12.0. The number of rotatable bonds is 2. The third-order valence-electron chi connectivity index (χ3n) is 2.95. The first kappa shape index (κ1) is 12.8. The number of hydrogen-bond donors (Lipinski definition) is 2. The van der Waals surface area contributed by atoms with Crippen LogP contribution in [0.3, 0.4) is 0 Å². The van der Waals surface area contributed by atoms with E-state index in [1.54, 1.807) is 21.1 Å². The van der Waals surface area contributed by atoms with Crippen LogP contribution in [0.15, 0.2) is 17.5 Å². The zero-order chi connectivity index (χ0) is 13.0. The number of nitrogens with zero attached hydrogens (tertiary/aromatic N) is 2. The molecule has 3 amide bonds. The lowest BCUT2D eigenvalue weighted by Gasteiger charge is -2.34. The van der Waals surface area contributed by atoms with Gasteiger partial charge in [0, 0.05) is 31.1 Å². The lowest BCUT2D eigenvalue weighted by atomic mass is 10.2. The molecule has 2 rings (SSSR count). The molecule has 7 heteroatoms. The summed E-state index contributed by atoms with van der Waals surface area (Å²) in [6.45, 7) is 2.19. The summed E-state index contributed by atoms with van der Waals surface area (Å²) in [7, 11) is 0. The molecule has 2 heterocycles. The summed E-state index contributed by atoms with van der Waals surface area (Å²) in [6, 6.07) is 3.61. The molecule has 1 aromatic rings. The minimum Gasteiger partial charge on any atom is -0.339 e. The van der Waals surface area contributed by atoms with E-state index in [-0.39, 0.29) is 11.9 Å². The monoisotopic (exact) mass is 268 g/mol.